The predicted molar refractivity (Wildman–Crippen MR) is 60.0 cm³/mol. The molecule has 0 fully saturated rings. The lowest BCUT2D eigenvalue weighted by atomic mass is 10.2. The molecule has 1 atom stereocenters. The van der Waals surface area contributed by atoms with Crippen LogP contribution in [0, 0.1) is 0 Å². The molecular weight excluding hydrogens is 194 g/mol. The summed E-state index contributed by atoms with van der Waals surface area (Å²) < 4.78 is 0. The average molecular weight is 217 g/mol. The van der Waals surface area contributed by atoms with Gasteiger partial charge in [0, 0.05) is 19.1 Å². The molecule has 0 saturated heterocycles. The second kappa shape index (κ2) is 8.64. The summed E-state index contributed by atoms with van der Waals surface area (Å²) in [6, 6.07) is 0.197. The molecule has 0 radical (unpaired) electrons. The van der Waals surface area contributed by atoms with Crippen molar-refractivity contribution in [2.75, 3.05) is 20.2 Å². The first kappa shape index (κ1) is 14.3. The Morgan fingerprint density at radius 1 is 1.47 bits per heavy atom. The van der Waals surface area contributed by atoms with Crippen LogP contribution in [0.3, 0.4) is 0 Å². The van der Waals surface area contributed by atoms with Crippen LogP contribution in [-0.2, 0) is 4.79 Å². The molecular formula is C10H23N3O2. The van der Waals surface area contributed by atoms with Crippen molar-refractivity contribution in [2.24, 2.45) is 5.84 Å². The number of nitrogens with zero attached hydrogens (tertiary/aromatic N) is 1. The first-order valence-electron chi connectivity index (χ1n) is 5.42. The van der Waals surface area contributed by atoms with Crippen molar-refractivity contribution in [3.8, 4) is 0 Å². The number of hydrogen-bond acceptors (Lipinski definition) is 4. The molecule has 90 valence electrons. The molecule has 0 heterocycles. The molecule has 5 heteroatoms. The van der Waals surface area contributed by atoms with Gasteiger partial charge in [0.1, 0.15) is 0 Å². The number of nitrogens with one attached hydrogen (secondary N) is 1. The van der Waals surface area contributed by atoms with Crippen LogP contribution in [0.15, 0.2) is 0 Å². The SMILES string of the molecule is CC(CC(=O)NN)N(C)CCCCCO. The van der Waals surface area contributed by atoms with E-state index in [0.717, 1.165) is 25.8 Å². The first-order chi connectivity index (χ1) is 7.11. The molecule has 4 N–H and O–H groups in total. The van der Waals surface area contributed by atoms with E-state index in [0.29, 0.717) is 6.42 Å². The third-order valence-electron chi connectivity index (χ3n) is 2.56. The minimum Gasteiger partial charge on any atom is -0.396 e. The molecule has 1 unspecified atom stereocenters. The normalized spacial score (nSPS) is 12.9. The summed E-state index contributed by atoms with van der Waals surface area (Å²) in [6.45, 7) is 3.20. The molecule has 15 heavy (non-hydrogen) atoms. The highest BCUT2D eigenvalue weighted by Crippen LogP contribution is 2.04. The topological polar surface area (TPSA) is 78.6 Å². The molecule has 0 aromatic rings. The molecule has 0 aromatic carbocycles. The Morgan fingerprint density at radius 2 is 2.13 bits per heavy atom. The Morgan fingerprint density at radius 3 is 2.67 bits per heavy atom. The van der Waals surface area contributed by atoms with E-state index in [1.165, 1.54) is 0 Å². The molecule has 0 aliphatic heterocycles. The van der Waals surface area contributed by atoms with Gasteiger partial charge in [-0.25, -0.2) is 5.84 Å². The van der Waals surface area contributed by atoms with Gasteiger partial charge in [-0.05, 0) is 39.8 Å². The van der Waals surface area contributed by atoms with Gasteiger partial charge in [-0.1, -0.05) is 0 Å². The molecule has 0 aliphatic rings. The number of hydrogen-bond donors (Lipinski definition) is 3. The van der Waals surface area contributed by atoms with Crippen molar-refractivity contribution in [3.05, 3.63) is 0 Å². The highest BCUT2D eigenvalue weighted by Gasteiger charge is 2.12. The summed E-state index contributed by atoms with van der Waals surface area (Å²) >= 11 is 0. The van der Waals surface area contributed by atoms with Crippen LogP contribution in [0.1, 0.15) is 32.6 Å². The van der Waals surface area contributed by atoms with Crippen LogP contribution < -0.4 is 11.3 Å². The van der Waals surface area contributed by atoms with Gasteiger partial charge < -0.3 is 10.0 Å². The van der Waals surface area contributed by atoms with E-state index in [1.54, 1.807) is 0 Å². The average Bonchev–Trinajstić information content (AvgIpc) is 2.23. The maximum Gasteiger partial charge on any atom is 0.235 e. The predicted octanol–water partition coefficient (Wildman–Crippen LogP) is -0.151. The second-order valence-electron chi connectivity index (χ2n) is 3.89. The number of amides is 1. The minimum absolute atomic E-state index is 0.135. The number of aliphatic hydroxyl groups excluding tert-OH is 1. The molecule has 0 aromatic heterocycles. The summed E-state index contributed by atoms with van der Waals surface area (Å²) in [6.07, 6.45) is 3.35. The van der Waals surface area contributed by atoms with Gasteiger partial charge in [0.15, 0.2) is 0 Å². The van der Waals surface area contributed by atoms with Crippen LogP contribution in [0.2, 0.25) is 0 Å². The van der Waals surface area contributed by atoms with Crippen molar-refractivity contribution in [2.45, 2.75) is 38.6 Å². The lowest BCUT2D eigenvalue weighted by Gasteiger charge is -2.23. The van der Waals surface area contributed by atoms with Gasteiger partial charge >= 0.3 is 0 Å². The largest absolute Gasteiger partial charge is 0.396 e. The number of nitrogens with two attached hydrogens (primary N) is 1. The molecule has 5 nitrogen and oxygen atoms in total. The second-order valence-corrected chi connectivity index (χ2v) is 3.89. The van der Waals surface area contributed by atoms with Crippen molar-refractivity contribution < 1.29 is 9.90 Å². The fourth-order valence-corrected chi connectivity index (χ4v) is 1.35. The zero-order valence-electron chi connectivity index (χ0n) is 9.70. The summed E-state index contributed by atoms with van der Waals surface area (Å²) in [5.41, 5.74) is 2.13. The maximum atomic E-state index is 11.0. The van der Waals surface area contributed by atoms with Crippen molar-refractivity contribution in [1.29, 1.82) is 0 Å². The summed E-state index contributed by atoms with van der Waals surface area (Å²) in [7, 11) is 1.99. The van der Waals surface area contributed by atoms with Gasteiger partial charge in [0.05, 0.1) is 0 Å². The van der Waals surface area contributed by atoms with E-state index in [-0.39, 0.29) is 18.6 Å². The van der Waals surface area contributed by atoms with Crippen LogP contribution in [0.5, 0.6) is 0 Å². The van der Waals surface area contributed by atoms with Crippen LogP contribution in [0.4, 0.5) is 0 Å². The Labute approximate surface area is 91.6 Å². The third-order valence-corrected chi connectivity index (χ3v) is 2.56. The number of carbonyl (C=O) groups is 1. The third kappa shape index (κ3) is 7.30. The highest BCUT2D eigenvalue weighted by molar-refractivity contribution is 5.75. The van der Waals surface area contributed by atoms with E-state index in [9.17, 15) is 4.79 Å². The molecule has 1 amide bonds. The van der Waals surface area contributed by atoms with Crippen LogP contribution in [-0.4, -0.2) is 42.2 Å². The summed E-state index contributed by atoms with van der Waals surface area (Å²) in [4.78, 5) is 13.1. The van der Waals surface area contributed by atoms with Crippen molar-refractivity contribution >= 4 is 5.91 Å². The van der Waals surface area contributed by atoms with E-state index in [1.807, 2.05) is 14.0 Å². The highest BCUT2D eigenvalue weighted by atomic mass is 16.2. The molecule has 0 rings (SSSR count). The number of unbranched alkanes of at least 4 members (excludes halogenated alkanes) is 2. The zero-order chi connectivity index (χ0) is 11.7. The Bertz CT molecular complexity index is 176. The van der Waals surface area contributed by atoms with Crippen LogP contribution >= 0.6 is 0 Å². The van der Waals surface area contributed by atoms with Gasteiger partial charge in [-0.2, -0.15) is 0 Å². The quantitative estimate of drug-likeness (QED) is 0.229. The minimum atomic E-state index is -0.135. The lowest BCUT2D eigenvalue weighted by molar-refractivity contribution is -0.122. The molecule has 0 bridgehead atoms. The standard InChI is InChI=1S/C10H23N3O2/c1-9(8-10(15)12-11)13(2)6-4-3-5-7-14/h9,14H,3-8,11H2,1-2H3,(H,12,15). The first-order valence-corrected chi connectivity index (χ1v) is 5.42. The number of hydrazine groups is 1. The number of aliphatic hydroxyl groups is 1. The summed E-state index contributed by atoms with van der Waals surface area (Å²) in [5.74, 6) is 4.88. The van der Waals surface area contributed by atoms with Crippen molar-refractivity contribution in [3.63, 3.8) is 0 Å². The Balaban J connectivity index is 3.59. The van der Waals surface area contributed by atoms with Gasteiger partial charge in [0.2, 0.25) is 5.91 Å². The van der Waals surface area contributed by atoms with Gasteiger partial charge in [-0.3, -0.25) is 10.2 Å². The fraction of sp³-hybridized carbons (Fsp3) is 0.900. The van der Waals surface area contributed by atoms with E-state index < -0.39 is 0 Å². The number of carbonyl (C=O) groups excluding carboxylic acids is 1. The summed E-state index contributed by atoms with van der Waals surface area (Å²) in [5, 5.41) is 8.61. The molecule has 0 aliphatic carbocycles. The Kier molecular flexibility index (Phi) is 8.27. The molecule has 0 spiro atoms. The van der Waals surface area contributed by atoms with Gasteiger partial charge in [-0.15, -0.1) is 0 Å². The number of rotatable bonds is 8. The van der Waals surface area contributed by atoms with Crippen LogP contribution in [0.25, 0.3) is 0 Å². The molecule has 0 saturated carbocycles. The van der Waals surface area contributed by atoms with E-state index in [4.69, 9.17) is 10.9 Å². The fourth-order valence-electron chi connectivity index (χ4n) is 1.35. The zero-order valence-corrected chi connectivity index (χ0v) is 9.70. The Hall–Kier alpha value is -0.650. The lowest BCUT2D eigenvalue weighted by Crippen LogP contribution is -2.38. The monoisotopic (exact) mass is 217 g/mol. The maximum absolute atomic E-state index is 11.0. The van der Waals surface area contributed by atoms with E-state index >= 15 is 0 Å². The van der Waals surface area contributed by atoms with Crippen molar-refractivity contribution in [1.82, 2.24) is 10.3 Å². The van der Waals surface area contributed by atoms with Gasteiger partial charge in [0.25, 0.3) is 0 Å². The smallest absolute Gasteiger partial charge is 0.235 e. The van der Waals surface area contributed by atoms with E-state index in [2.05, 4.69) is 10.3 Å².